The molecule has 0 aliphatic carbocycles. The minimum Gasteiger partial charge on any atom is -0.378 e. The maximum atomic E-state index is 11.9. The molecule has 0 aromatic carbocycles. The number of hydrogen-bond acceptors (Lipinski definition) is 4. The van der Waals surface area contributed by atoms with Gasteiger partial charge in [-0.2, -0.15) is 0 Å². The molecule has 0 bridgehead atoms. The van der Waals surface area contributed by atoms with Crippen LogP contribution >= 0.6 is 0 Å². The van der Waals surface area contributed by atoms with Gasteiger partial charge >= 0.3 is 0 Å². The van der Waals surface area contributed by atoms with Crippen LogP contribution in [0, 0.1) is 0 Å². The van der Waals surface area contributed by atoms with E-state index in [1.165, 1.54) is 0 Å². The van der Waals surface area contributed by atoms with Gasteiger partial charge in [0.25, 0.3) is 0 Å². The molecule has 1 N–H and O–H groups in total. The molecule has 0 unspecified atom stereocenters. The van der Waals surface area contributed by atoms with Crippen molar-refractivity contribution < 1.29 is 14.3 Å². The fourth-order valence-electron chi connectivity index (χ4n) is 2.94. The normalized spacial score (nSPS) is 24.8. The van der Waals surface area contributed by atoms with Gasteiger partial charge in [-0.05, 0) is 19.3 Å². The van der Waals surface area contributed by atoms with Crippen LogP contribution < -0.4 is 5.32 Å². The Bertz CT molecular complexity index is 468. The largest absolute Gasteiger partial charge is 0.378 e. The van der Waals surface area contributed by atoms with Gasteiger partial charge in [0, 0.05) is 44.4 Å². The highest BCUT2D eigenvalue weighted by molar-refractivity contribution is 5.76. The van der Waals surface area contributed by atoms with Gasteiger partial charge < -0.3 is 19.4 Å². The lowest BCUT2D eigenvalue weighted by atomic mass is 10.1. The molecule has 2 atom stereocenters. The third kappa shape index (κ3) is 4.04. The lowest BCUT2D eigenvalue weighted by Crippen LogP contribution is -2.41. The van der Waals surface area contributed by atoms with Crippen LogP contribution in [-0.2, 0) is 27.2 Å². The Labute approximate surface area is 124 Å². The van der Waals surface area contributed by atoms with Crippen LogP contribution in [0.2, 0.25) is 0 Å². The molecule has 2 aliphatic heterocycles. The van der Waals surface area contributed by atoms with Gasteiger partial charge in [0.1, 0.15) is 5.82 Å². The summed E-state index contributed by atoms with van der Waals surface area (Å²) in [6, 6.07) is 0.206. The Balaban J connectivity index is 1.31. The Morgan fingerprint density at radius 2 is 2.48 bits per heavy atom. The SMILES string of the molecule is O=C(CCOC[C@H]1CCCO1)N[C@H]1CCc2nccn2C1. The molecule has 1 saturated heterocycles. The second-order valence-corrected chi connectivity index (χ2v) is 5.76. The van der Waals surface area contributed by atoms with E-state index in [9.17, 15) is 4.79 Å². The van der Waals surface area contributed by atoms with Crippen LogP contribution in [0.25, 0.3) is 0 Å². The number of carbonyl (C=O) groups excluding carboxylic acids is 1. The van der Waals surface area contributed by atoms with Gasteiger partial charge in [0.2, 0.25) is 5.91 Å². The van der Waals surface area contributed by atoms with Crippen molar-refractivity contribution in [2.24, 2.45) is 0 Å². The summed E-state index contributed by atoms with van der Waals surface area (Å²) in [5.41, 5.74) is 0. The van der Waals surface area contributed by atoms with Gasteiger partial charge in [0.05, 0.1) is 19.3 Å². The molecule has 21 heavy (non-hydrogen) atoms. The summed E-state index contributed by atoms with van der Waals surface area (Å²) in [6.45, 7) is 2.73. The lowest BCUT2D eigenvalue weighted by molar-refractivity contribution is -0.123. The first kappa shape index (κ1) is 14.5. The molecule has 1 aromatic rings. The van der Waals surface area contributed by atoms with Crippen LogP contribution in [0.15, 0.2) is 12.4 Å². The highest BCUT2D eigenvalue weighted by Gasteiger charge is 2.20. The number of aromatic nitrogens is 2. The predicted octanol–water partition coefficient (Wildman–Crippen LogP) is 0.900. The Morgan fingerprint density at radius 3 is 3.33 bits per heavy atom. The number of ether oxygens (including phenoxy) is 2. The van der Waals surface area contributed by atoms with Crippen molar-refractivity contribution in [3.63, 3.8) is 0 Å². The molecule has 0 spiro atoms. The average Bonchev–Trinajstić information content (AvgIpc) is 3.14. The number of fused-ring (bicyclic) bond motifs is 1. The number of nitrogens with zero attached hydrogens (tertiary/aromatic N) is 2. The van der Waals surface area contributed by atoms with Crippen molar-refractivity contribution in [1.82, 2.24) is 14.9 Å². The molecule has 6 nitrogen and oxygen atoms in total. The molecule has 1 amide bonds. The maximum absolute atomic E-state index is 11.9. The van der Waals surface area contributed by atoms with Crippen molar-refractivity contribution in [3.05, 3.63) is 18.2 Å². The minimum atomic E-state index is 0.0657. The molecular formula is C15H23N3O3. The molecule has 1 fully saturated rings. The molecular weight excluding hydrogens is 270 g/mol. The van der Waals surface area contributed by atoms with E-state index in [1.54, 1.807) is 0 Å². The van der Waals surface area contributed by atoms with E-state index in [4.69, 9.17) is 9.47 Å². The van der Waals surface area contributed by atoms with Gasteiger partial charge in [-0.25, -0.2) is 4.98 Å². The van der Waals surface area contributed by atoms with Crippen molar-refractivity contribution in [2.45, 2.75) is 50.8 Å². The molecule has 0 saturated carbocycles. The van der Waals surface area contributed by atoms with Crippen molar-refractivity contribution in [3.8, 4) is 0 Å². The average molecular weight is 293 g/mol. The molecule has 1 aromatic heterocycles. The molecule has 116 valence electrons. The first-order chi connectivity index (χ1) is 10.3. The second kappa shape index (κ2) is 7.04. The fourth-order valence-corrected chi connectivity index (χ4v) is 2.94. The number of hydrogen-bond donors (Lipinski definition) is 1. The number of amides is 1. The van der Waals surface area contributed by atoms with E-state index < -0.39 is 0 Å². The minimum absolute atomic E-state index is 0.0657. The number of aryl methyl sites for hydroxylation is 1. The quantitative estimate of drug-likeness (QED) is 0.792. The van der Waals surface area contributed by atoms with Crippen LogP contribution in [-0.4, -0.2) is 47.4 Å². The predicted molar refractivity (Wildman–Crippen MR) is 76.9 cm³/mol. The van der Waals surface area contributed by atoms with E-state index in [-0.39, 0.29) is 18.1 Å². The van der Waals surface area contributed by atoms with Gasteiger partial charge in [-0.3, -0.25) is 4.79 Å². The zero-order valence-electron chi connectivity index (χ0n) is 12.3. The lowest BCUT2D eigenvalue weighted by Gasteiger charge is -2.24. The summed E-state index contributed by atoms with van der Waals surface area (Å²) < 4.78 is 13.1. The second-order valence-electron chi connectivity index (χ2n) is 5.76. The van der Waals surface area contributed by atoms with Crippen LogP contribution in [0.1, 0.15) is 31.5 Å². The van der Waals surface area contributed by atoms with Crippen LogP contribution in [0.3, 0.4) is 0 Å². The Kier molecular flexibility index (Phi) is 4.87. The van der Waals surface area contributed by atoms with Crippen molar-refractivity contribution in [1.29, 1.82) is 0 Å². The summed E-state index contributed by atoms with van der Waals surface area (Å²) >= 11 is 0. The van der Waals surface area contributed by atoms with E-state index in [1.807, 2.05) is 12.4 Å². The topological polar surface area (TPSA) is 65.4 Å². The monoisotopic (exact) mass is 293 g/mol. The van der Waals surface area contributed by atoms with E-state index in [0.717, 1.165) is 44.7 Å². The number of nitrogens with one attached hydrogen (secondary N) is 1. The summed E-state index contributed by atoms with van der Waals surface area (Å²) in [4.78, 5) is 16.2. The third-order valence-electron chi connectivity index (χ3n) is 4.10. The summed E-state index contributed by atoms with van der Waals surface area (Å²) in [5.74, 6) is 1.18. The number of imidazole rings is 1. The fraction of sp³-hybridized carbons (Fsp3) is 0.733. The maximum Gasteiger partial charge on any atom is 0.222 e. The molecule has 6 heteroatoms. The summed E-state index contributed by atoms with van der Waals surface area (Å²) in [6.07, 6.45) is 8.50. The molecule has 0 radical (unpaired) electrons. The standard InChI is InChI=1S/C15H23N3O3/c19-15(5-9-20-11-13-2-1-8-21-13)17-12-3-4-14-16-6-7-18(14)10-12/h6-7,12-13H,1-5,8-11H2,(H,17,19)/t12-,13+/m0/s1. The number of carbonyl (C=O) groups is 1. The summed E-state index contributed by atoms with van der Waals surface area (Å²) in [7, 11) is 0. The van der Waals surface area contributed by atoms with Gasteiger partial charge in [-0.15, -0.1) is 0 Å². The first-order valence-corrected chi connectivity index (χ1v) is 7.80. The zero-order valence-corrected chi connectivity index (χ0v) is 12.3. The first-order valence-electron chi connectivity index (χ1n) is 7.80. The summed E-state index contributed by atoms with van der Waals surface area (Å²) in [5, 5.41) is 3.08. The van der Waals surface area contributed by atoms with Crippen molar-refractivity contribution >= 4 is 5.91 Å². The molecule has 3 heterocycles. The van der Waals surface area contributed by atoms with Gasteiger partial charge in [0.15, 0.2) is 0 Å². The van der Waals surface area contributed by atoms with E-state index >= 15 is 0 Å². The zero-order chi connectivity index (χ0) is 14.5. The number of rotatable bonds is 6. The smallest absolute Gasteiger partial charge is 0.222 e. The molecule has 3 rings (SSSR count). The van der Waals surface area contributed by atoms with E-state index in [0.29, 0.717) is 19.6 Å². The van der Waals surface area contributed by atoms with E-state index in [2.05, 4.69) is 14.9 Å². The van der Waals surface area contributed by atoms with Crippen LogP contribution in [0.5, 0.6) is 0 Å². The van der Waals surface area contributed by atoms with Crippen molar-refractivity contribution in [2.75, 3.05) is 19.8 Å². The van der Waals surface area contributed by atoms with Gasteiger partial charge in [-0.1, -0.05) is 0 Å². The molecule has 2 aliphatic rings. The highest BCUT2D eigenvalue weighted by atomic mass is 16.5. The Morgan fingerprint density at radius 1 is 1.52 bits per heavy atom. The van der Waals surface area contributed by atoms with Crippen LogP contribution in [0.4, 0.5) is 0 Å². The Hall–Kier alpha value is -1.40. The highest BCUT2D eigenvalue weighted by Crippen LogP contribution is 2.13. The third-order valence-corrected chi connectivity index (χ3v) is 4.10.